The predicted octanol–water partition coefficient (Wildman–Crippen LogP) is 2.74. The van der Waals surface area contributed by atoms with E-state index in [-0.39, 0.29) is 11.5 Å². The van der Waals surface area contributed by atoms with Crippen LogP contribution in [-0.4, -0.2) is 22.2 Å². The molecule has 0 bridgehead atoms. The van der Waals surface area contributed by atoms with Crippen LogP contribution >= 0.6 is 0 Å². The number of nitrogens with one attached hydrogen (secondary N) is 2. The molecule has 1 aliphatic carbocycles. The van der Waals surface area contributed by atoms with E-state index >= 15 is 0 Å². The first-order valence-electron chi connectivity index (χ1n) is 6.09. The summed E-state index contributed by atoms with van der Waals surface area (Å²) in [5.41, 5.74) is 2.25. The van der Waals surface area contributed by atoms with Crippen LogP contribution in [0.1, 0.15) is 20.3 Å². The summed E-state index contributed by atoms with van der Waals surface area (Å²) in [7, 11) is 0. The Bertz CT molecular complexity index is 544. The number of fused-ring (bicyclic) bond motifs is 1. The van der Waals surface area contributed by atoms with E-state index in [2.05, 4.69) is 48.4 Å². The SMILES string of the molecule is CC1(C)C(O)CC1Nc1ccc2[nH]ccc2c1. The van der Waals surface area contributed by atoms with Gasteiger partial charge in [0.15, 0.2) is 0 Å². The second-order valence-corrected chi connectivity index (χ2v) is 5.55. The van der Waals surface area contributed by atoms with Crippen LogP contribution in [0.5, 0.6) is 0 Å². The molecule has 1 aromatic heterocycles. The van der Waals surface area contributed by atoms with Crippen molar-refractivity contribution in [1.29, 1.82) is 0 Å². The van der Waals surface area contributed by atoms with E-state index in [1.54, 1.807) is 0 Å². The molecule has 0 radical (unpaired) electrons. The van der Waals surface area contributed by atoms with E-state index in [0.717, 1.165) is 17.6 Å². The molecule has 90 valence electrons. The maximum absolute atomic E-state index is 9.72. The maximum Gasteiger partial charge on any atom is 0.0630 e. The molecule has 2 unspecified atom stereocenters. The summed E-state index contributed by atoms with van der Waals surface area (Å²) in [6.07, 6.45) is 2.60. The minimum absolute atomic E-state index is 0.0346. The summed E-state index contributed by atoms with van der Waals surface area (Å²) in [6.45, 7) is 4.21. The number of hydrogen-bond acceptors (Lipinski definition) is 2. The molecule has 0 spiro atoms. The minimum atomic E-state index is -0.184. The molecule has 2 aromatic rings. The molecule has 3 heteroatoms. The maximum atomic E-state index is 9.72. The minimum Gasteiger partial charge on any atom is -0.392 e. The number of aliphatic hydroxyl groups is 1. The Labute approximate surface area is 101 Å². The van der Waals surface area contributed by atoms with E-state index in [0.29, 0.717) is 6.04 Å². The lowest BCUT2D eigenvalue weighted by molar-refractivity contribution is -0.0510. The van der Waals surface area contributed by atoms with Gasteiger partial charge in [0.1, 0.15) is 0 Å². The zero-order valence-corrected chi connectivity index (χ0v) is 10.2. The highest BCUT2D eigenvalue weighted by Gasteiger charge is 2.47. The Hall–Kier alpha value is -1.48. The normalized spacial score (nSPS) is 26.8. The highest BCUT2D eigenvalue weighted by atomic mass is 16.3. The number of aromatic nitrogens is 1. The van der Waals surface area contributed by atoms with Gasteiger partial charge in [-0.2, -0.15) is 0 Å². The lowest BCUT2D eigenvalue weighted by Gasteiger charge is -2.49. The van der Waals surface area contributed by atoms with E-state index in [1.807, 2.05) is 6.20 Å². The number of aliphatic hydroxyl groups excluding tert-OH is 1. The molecule has 0 aliphatic heterocycles. The smallest absolute Gasteiger partial charge is 0.0630 e. The van der Waals surface area contributed by atoms with Crippen LogP contribution in [0.15, 0.2) is 30.5 Å². The van der Waals surface area contributed by atoms with Gasteiger partial charge in [-0.1, -0.05) is 13.8 Å². The second kappa shape index (κ2) is 3.50. The molecule has 1 saturated carbocycles. The quantitative estimate of drug-likeness (QED) is 0.743. The lowest BCUT2D eigenvalue weighted by Crippen LogP contribution is -2.56. The van der Waals surface area contributed by atoms with Crippen LogP contribution < -0.4 is 5.32 Å². The van der Waals surface area contributed by atoms with Crippen molar-refractivity contribution in [3.05, 3.63) is 30.5 Å². The third-order valence-electron chi connectivity index (χ3n) is 4.11. The van der Waals surface area contributed by atoms with Crippen molar-refractivity contribution in [1.82, 2.24) is 4.98 Å². The van der Waals surface area contributed by atoms with Crippen LogP contribution in [0.2, 0.25) is 0 Å². The van der Waals surface area contributed by atoms with E-state index in [4.69, 9.17) is 0 Å². The first kappa shape index (κ1) is 10.7. The van der Waals surface area contributed by atoms with Gasteiger partial charge >= 0.3 is 0 Å². The lowest BCUT2D eigenvalue weighted by atomic mass is 9.64. The molecule has 17 heavy (non-hydrogen) atoms. The number of hydrogen-bond donors (Lipinski definition) is 3. The average molecular weight is 230 g/mol. The molecule has 0 saturated heterocycles. The Morgan fingerprint density at radius 2 is 2.18 bits per heavy atom. The highest BCUT2D eigenvalue weighted by molar-refractivity contribution is 5.83. The van der Waals surface area contributed by atoms with Gasteiger partial charge in [0.25, 0.3) is 0 Å². The van der Waals surface area contributed by atoms with Gasteiger partial charge in [0.05, 0.1) is 6.10 Å². The van der Waals surface area contributed by atoms with Crippen molar-refractivity contribution in [2.24, 2.45) is 5.41 Å². The average Bonchev–Trinajstić information content (AvgIpc) is 2.76. The summed E-state index contributed by atoms with van der Waals surface area (Å²) in [6, 6.07) is 8.74. The molecule has 1 aromatic carbocycles. The Balaban J connectivity index is 1.81. The van der Waals surface area contributed by atoms with Crippen molar-refractivity contribution in [2.75, 3.05) is 5.32 Å². The zero-order valence-electron chi connectivity index (χ0n) is 10.2. The first-order valence-corrected chi connectivity index (χ1v) is 6.09. The Kier molecular flexibility index (Phi) is 2.20. The van der Waals surface area contributed by atoms with E-state index in [1.165, 1.54) is 5.39 Å². The summed E-state index contributed by atoms with van der Waals surface area (Å²) in [5.74, 6) is 0. The topological polar surface area (TPSA) is 48.0 Å². The molecule has 1 fully saturated rings. The number of H-pyrrole nitrogens is 1. The largest absolute Gasteiger partial charge is 0.392 e. The van der Waals surface area contributed by atoms with Gasteiger partial charge in [-0.15, -0.1) is 0 Å². The molecule has 2 atom stereocenters. The number of benzene rings is 1. The van der Waals surface area contributed by atoms with Crippen molar-refractivity contribution in [2.45, 2.75) is 32.4 Å². The molecular weight excluding hydrogens is 212 g/mol. The summed E-state index contributed by atoms with van der Waals surface area (Å²) < 4.78 is 0. The Morgan fingerprint density at radius 1 is 1.35 bits per heavy atom. The van der Waals surface area contributed by atoms with Gasteiger partial charge in [-0.25, -0.2) is 0 Å². The number of anilines is 1. The number of aromatic amines is 1. The Morgan fingerprint density at radius 3 is 2.88 bits per heavy atom. The van der Waals surface area contributed by atoms with Gasteiger partial charge < -0.3 is 15.4 Å². The molecule has 1 heterocycles. The summed E-state index contributed by atoms with van der Waals surface area (Å²) in [4.78, 5) is 3.18. The zero-order chi connectivity index (χ0) is 12.0. The molecule has 3 nitrogen and oxygen atoms in total. The molecule has 3 N–H and O–H groups in total. The van der Waals surface area contributed by atoms with Crippen LogP contribution in [0.4, 0.5) is 5.69 Å². The third-order valence-corrected chi connectivity index (χ3v) is 4.11. The van der Waals surface area contributed by atoms with Gasteiger partial charge in [0.2, 0.25) is 0 Å². The molecule has 1 aliphatic rings. The van der Waals surface area contributed by atoms with Crippen molar-refractivity contribution in [3.63, 3.8) is 0 Å². The van der Waals surface area contributed by atoms with Crippen LogP contribution in [0.3, 0.4) is 0 Å². The van der Waals surface area contributed by atoms with Crippen LogP contribution in [0.25, 0.3) is 10.9 Å². The van der Waals surface area contributed by atoms with E-state index < -0.39 is 0 Å². The van der Waals surface area contributed by atoms with Crippen molar-refractivity contribution < 1.29 is 5.11 Å². The fourth-order valence-electron chi connectivity index (χ4n) is 2.49. The van der Waals surface area contributed by atoms with Crippen LogP contribution in [0, 0.1) is 5.41 Å². The highest BCUT2D eigenvalue weighted by Crippen LogP contribution is 2.42. The van der Waals surface area contributed by atoms with Crippen LogP contribution in [-0.2, 0) is 0 Å². The summed E-state index contributed by atoms with van der Waals surface area (Å²) in [5, 5.41) is 14.4. The van der Waals surface area contributed by atoms with E-state index in [9.17, 15) is 5.11 Å². The monoisotopic (exact) mass is 230 g/mol. The fraction of sp³-hybridized carbons (Fsp3) is 0.429. The fourth-order valence-corrected chi connectivity index (χ4v) is 2.49. The standard InChI is InChI=1S/C14H18N2O/c1-14(2)12(8-13(14)17)16-10-3-4-11-9(7-10)5-6-15-11/h3-7,12-13,15-17H,8H2,1-2H3. The van der Waals surface area contributed by atoms with Crippen molar-refractivity contribution in [3.8, 4) is 0 Å². The van der Waals surface area contributed by atoms with Gasteiger partial charge in [-0.05, 0) is 30.7 Å². The van der Waals surface area contributed by atoms with Crippen molar-refractivity contribution >= 4 is 16.6 Å². The molecule has 3 rings (SSSR count). The predicted molar refractivity (Wildman–Crippen MR) is 70.1 cm³/mol. The van der Waals surface area contributed by atoms with Gasteiger partial charge in [-0.3, -0.25) is 0 Å². The molecule has 0 amide bonds. The third kappa shape index (κ3) is 1.62. The first-order chi connectivity index (χ1) is 8.07. The van der Waals surface area contributed by atoms with Gasteiger partial charge in [0, 0.05) is 34.2 Å². The second-order valence-electron chi connectivity index (χ2n) is 5.55. The number of rotatable bonds is 2. The summed E-state index contributed by atoms with van der Waals surface area (Å²) >= 11 is 0. The molecular formula is C14H18N2O.